The molecular weight excluding hydrogens is 555 g/mol. The first-order valence-corrected chi connectivity index (χ1v) is 15.4. The Balaban J connectivity index is 1.41. The van der Waals surface area contributed by atoms with Crippen molar-refractivity contribution in [1.82, 2.24) is 14.7 Å². The van der Waals surface area contributed by atoms with Crippen LogP contribution in [0.4, 0.5) is 0 Å². The summed E-state index contributed by atoms with van der Waals surface area (Å²) < 4.78 is 7.88. The van der Waals surface area contributed by atoms with Gasteiger partial charge in [0, 0.05) is 30.3 Å². The van der Waals surface area contributed by atoms with Crippen LogP contribution in [0.2, 0.25) is 0 Å². The molecule has 0 atom stereocenters. The largest absolute Gasteiger partial charge is 0.496 e. The van der Waals surface area contributed by atoms with E-state index in [1.807, 2.05) is 66.3 Å². The van der Waals surface area contributed by atoms with Gasteiger partial charge in [0.1, 0.15) is 15.8 Å². The van der Waals surface area contributed by atoms with Crippen LogP contribution in [0.1, 0.15) is 68.9 Å². The van der Waals surface area contributed by atoms with Gasteiger partial charge in [-0.05, 0) is 61.7 Å². The SMILES string of the molecule is COc1ccc(-c2nn(-c3ccccc3)cc2C=C2SC(=S)N(CCCCCCCCCCC(=O)O)C2=O)cc1C. The Kier molecular flexibility index (Phi) is 11.2. The Morgan fingerprint density at radius 1 is 1.02 bits per heavy atom. The van der Waals surface area contributed by atoms with E-state index in [0.717, 1.165) is 85.2 Å². The average Bonchev–Trinajstić information content (AvgIpc) is 3.50. The normalized spacial score (nSPS) is 14.3. The van der Waals surface area contributed by atoms with Crippen molar-refractivity contribution >= 4 is 46.3 Å². The van der Waals surface area contributed by atoms with E-state index in [1.54, 1.807) is 12.0 Å². The molecule has 216 valence electrons. The summed E-state index contributed by atoms with van der Waals surface area (Å²) in [6.45, 7) is 2.62. The van der Waals surface area contributed by atoms with Crippen LogP contribution in [0, 0.1) is 6.92 Å². The van der Waals surface area contributed by atoms with Crippen LogP contribution in [-0.2, 0) is 9.59 Å². The molecule has 0 saturated carbocycles. The van der Waals surface area contributed by atoms with Gasteiger partial charge in [0.2, 0.25) is 0 Å². The zero-order valence-electron chi connectivity index (χ0n) is 23.7. The van der Waals surface area contributed by atoms with Crippen molar-refractivity contribution in [3.63, 3.8) is 0 Å². The van der Waals surface area contributed by atoms with Crippen LogP contribution in [0.3, 0.4) is 0 Å². The average molecular weight is 592 g/mol. The number of nitrogens with zero attached hydrogens (tertiary/aromatic N) is 3. The van der Waals surface area contributed by atoms with Crippen molar-refractivity contribution in [1.29, 1.82) is 0 Å². The number of aryl methyl sites for hydroxylation is 1. The van der Waals surface area contributed by atoms with E-state index in [0.29, 0.717) is 15.8 Å². The number of carbonyl (C=O) groups excluding carboxylic acids is 1. The van der Waals surface area contributed by atoms with Crippen LogP contribution in [0.5, 0.6) is 5.75 Å². The number of ether oxygens (including phenoxy) is 1. The first-order chi connectivity index (χ1) is 19.9. The van der Waals surface area contributed by atoms with Crippen molar-refractivity contribution in [2.45, 2.75) is 64.7 Å². The summed E-state index contributed by atoms with van der Waals surface area (Å²) in [6, 6.07) is 15.9. The van der Waals surface area contributed by atoms with Gasteiger partial charge in [-0.25, -0.2) is 4.68 Å². The molecule has 9 heteroatoms. The number of unbranched alkanes of at least 4 members (excludes halogenated alkanes) is 7. The van der Waals surface area contributed by atoms with Crippen LogP contribution in [0.15, 0.2) is 59.6 Å². The lowest BCUT2D eigenvalue weighted by atomic mass is 10.0. The molecule has 1 aliphatic rings. The molecule has 1 fully saturated rings. The Morgan fingerprint density at radius 2 is 1.71 bits per heavy atom. The van der Waals surface area contributed by atoms with Gasteiger partial charge in [-0.1, -0.05) is 80.7 Å². The molecule has 41 heavy (non-hydrogen) atoms. The molecule has 4 rings (SSSR count). The lowest BCUT2D eigenvalue weighted by Gasteiger charge is -2.14. The molecule has 1 aliphatic heterocycles. The smallest absolute Gasteiger partial charge is 0.303 e. The van der Waals surface area contributed by atoms with Gasteiger partial charge in [-0.15, -0.1) is 0 Å². The number of amides is 1. The number of carboxylic acid groups (broad SMARTS) is 1. The van der Waals surface area contributed by atoms with E-state index in [2.05, 4.69) is 6.07 Å². The van der Waals surface area contributed by atoms with Crippen LogP contribution >= 0.6 is 24.0 Å². The summed E-state index contributed by atoms with van der Waals surface area (Å²) >= 11 is 6.94. The molecule has 1 aromatic heterocycles. The zero-order valence-corrected chi connectivity index (χ0v) is 25.3. The highest BCUT2D eigenvalue weighted by atomic mass is 32.2. The number of benzene rings is 2. The van der Waals surface area contributed by atoms with Gasteiger partial charge in [0.05, 0.1) is 17.7 Å². The Bertz CT molecular complexity index is 1400. The van der Waals surface area contributed by atoms with Crippen molar-refractivity contribution in [3.05, 3.63) is 70.8 Å². The second-order valence-corrected chi connectivity index (χ2v) is 11.9. The molecule has 7 nitrogen and oxygen atoms in total. The molecule has 0 aliphatic carbocycles. The number of methoxy groups -OCH3 is 1. The third kappa shape index (κ3) is 8.30. The van der Waals surface area contributed by atoms with E-state index in [4.69, 9.17) is 27.2 Å². The number of thioether (sulfide) groups is 1. The Labute approximate surface area is 251 Å². The predicted molar refractivity (Wildman–Crippen MR) is 169 cm³/mol. The van der Waals surface area contributed by atoms with Crippen molar-refractivity contribution in [2.24, 2.45) is 0 Å². The van der Waals surface area contributed by atoms with Gasteiger partial charge >= 0.3 is 5.97 Å². The maximum atomic E-state index is 13.4. The summed E-state index contributed by atoms with van der Waals surface area (Å²) in [5.74, 6) is 0.0442. The minimum absolute atomic E-state index is 0.0530. The first kappa shape index (κ1) is 30.5. The maximum absolute atomic E-state index is 13.4. The topological polar surface area (TPSA) is 84.7 Å². The highest BCUT2D eigenvalue weighted by molar-refractivity contribution is 8.26. The molecule has 1 N–H and O–H groups in total. The Morgan fingerprint density at radius 3 is 2.37 bits per heavy atom. The fourth-order valence-corrected chi connectivity index (χ4v) is 6.20. The van der Waals surface area contributed by atoms with E-state index in [-0.39, 0.29) is 12.3 Å². The Hall–Kier alpha value is -3.43. The monoisotopic (exact) mass is 591 g/mol. The summed E-state index contributed by atoms with van der Waals surface area (Å²) in [5.41, 5.74) is 4.53. The molecule has 1 amide bonds. The molecule has 0 spiro atoms. The number of carboxylic acids is 1. The molecule has 0 radical (unpaired) electrons. The van der Waals surface area contributed by atoms with Gasteiger partial charge in [0.15, 0.2) is 0 Å². The predicted octanol–water partition coefficient (Wildman–Crippen LogP) is 7.65. The van der Waals surface area contributed by atoms with Crippen molar-refractivity contribution in [2.75, 3.05) is 13.7 Å². The molecule has 0 unspecified atom stereocenters. The summed E-state index contributed by atoms with van der Waals surface area (Å²) in [7, 11) is 1.66. The summed E-state index contributed by atoms with van der Waals surface area (Å²) in [4.78, 5) is 26.3. The lowest BCUT2D eigenvalue weighted by molar-refractivity contribution is -0.137. The number of para-hydroxylation sites is 1. The van der Waals surface area contributed by atoms with Crippen LogP contribution in [-0.4, -0.2) is 49.6 Å². The van der Waals surface area contributed by atoms with Gasteiger partial charge < -0.3 is 9.84 Å². The van der Waals surface area contributed by atoms with Crippen LogP contribution in [0.25, 0.3) is 23.0 Å². The third-order valence-electron chi connectivity index (χ3n) is 7.11. The lowest BCUT2D eigenvalue weighted by Crippen LogP contribution is -2.29. The number of thiocarbonyl (C=S) groups is 1. The number of aromatic nitrogens is 2. The van der Waals surface area contributed by atoms with E-state index in [9.17, 15) is 9.59 Å². The third-order valence-corrected chi connectivity index (χ3v) is 8.49. The quantitative estimate of drug-likeness (QED) is 0.110. The summed E-state index contributed by atoms with van der Waals surface area (Å²) in [6.07, 6.45) is 12.2. The number of hydrogen-bond donors (Lipinski definition) is 1. The standard InChI is InChI=1S/C32H37N3O4S2/c1-23-20-24(17-18-27(23)39-2)30-25(22-35(33-30)26-14-10-9-11-15-26)21-28-31(38)34(32(40)41-28)19-13-8-6-4-3-5-7-12-16-29(36)37/h9-11,14-15,17-18,20-22H,3-8,12-13,16,19H2,1-2H3,(H,36,37). The number of rotatable bonds is 15. The first-order valence-electron chi connectivity index (χ1n) is 14.1. The highest BCUT2D eigenvalue weighted by Gasteiger charge is 2.32. The number of aliphatic carboxylic acids is 1. The highest BCUT2D eigenvalue weighted by Crippen LogP contribution is 2.36. The van der Waals surface area contributed by atoms with E-state index < -0.39 is 5.97 Å². The molecule has 2 heterocycles. The maximum Gasteiger partial charge on any atom is 0.303 e. The second-order valence-electron chi connectivity index (χ2n) is 10.2. The molecule has 2 aromatic carbocycles. The number of carbonyl (C=O) groups is 2. The van der Waals surface area contributed by atoms with Gasteiger partial charge in [-0.3, -0.25) is 14.5 Å². The molecule has 0 bridgehead atoms. The molecule has 3 aromatic rings. The molecule has 1 saturated heterocycles. The fraction of sp³-hybridized carbons (Fsp3) is 0.375. The minimum Gasteiger partial charge on any atom is -0.496 e. The summed E-state index contributed by atoms with van der Waals surface area (Å²) in [5, 5.41) is 13.6. The number of hydrogen-bond acceptors (Lipinski definition) is 6. The molecular formula is C32H37N3O4S2. The second kappa shape index (κ2) is 15.0. The van der Waals surface area contributed by atoms with Crippen LogP contribution < -0.4 is 4.74 Å². The zero-order chi connectivity index (χ0) is 29.2. The van der Waals surface area contributed by atoms with Gasteiger partial charge in [-0.2, -0.15) is 5.10 Å². The van der Waals surface area contributed by atoms with Crippen molar-refractivity contribution < 1.29 is 19.4 Å². The van der Waals surface area contributed by atoms with E-state index in [1.165, 1.54) is 11.8 Å². The van der Waals surface area contributed by atoms with Gasteiger partial charge in [0.25, 0.3) is 5.91 Å². The fourth-order valence-electron chi connectivity index (χ4n) is 4.90. The minimum atomic E-state index is -0.717. The van der Waals surface area contributed by atoms with Crippen molar-refractivity contribution in [3.8, 4) is 22.7 Å². The van der Waals surface area contributed by atoms with E-state index >= 15 is 0 Å².